The zero-order valence-electron chi connectivity index (χ0n) is 11.0. The fourth-order valence-corrected chi connectivity index (χ4v) is 3.56. The third-order valence-electron chi connectivity index (χ3n) is 2.93. The Morgan fingerprint density at radius 2 is 2.11 bits per heavy atom. The van der Waals surface area contributed by atoms with Crippen molar-refractivity contribution in [2.75, 3.05) is 6.54 Å². The third kappa shape index (κ3) is 3.44. The van der Waals surface area contributed by atoms with Crippen LogP contribution in [0.3, 0.4) is 0 Å². The number of rotatable bonds is 5. The molecule has 2 rings (SSSR count). The maximum absolute atomic E-state index is 14.2. The van der Waals surface area contributed by atoms with E-state index >= 15 is 0 Å². The Balaban J connectivity index is 2.42. The Bertz CT molecular complexity index is 533. The fraction of sp³-hybridized carbons (Fsp3) is 0.333. The van der Waals surface area contributed by atoms with Crippen molar-refractivity contribution in [1.29, 1.82) is 0 Å². The van der Waals surface area contributed by atoms with Gasteiger partial charge in [0.2, 0.25) is 0 Å². The standard InChI is InChI=1S/C15H17BrFNS/c1-3-9-18-15(13-8-7-10(2)19-13)14-11(16)5-4-6-12(14)17/h4-8,15,18H,3,9H2,1-2H3. The van der Waals surface area contributed by atoms with Crippen molar-refractivity contribution in [3.8, 4) is 0 Å². The zero-order chi connectivity index (χ0) is 13.8. The first-order valence-corrected chi connectivity index (χ1v) is 7.98. The maximum atomic E-state index is 14.2. The zero-order valence-corrected chi connectivity index (χ0v) is 13.4. The molecule has 1 atom stereocenters. The Labute approximate surface area is 126 Å². The summed E-state index contributed by atoms with van der Waals surface area (Å²) < 4.78 is 15.0. The number of nitrogens with one attached hydrogen (secondary N) is 1. The Morgan fingerprint density at radius 1 is 1.32 bits per heavy atom. The van der Waals surface area contributed by atoms with Crippen molar-refractivity contribution < 1.29 is 4.39 Å². The minimum Gasteiger partial charge on any atom is -0.305 e. The van der Waals surface area contributed by atoms with Crippen LogP contribution in [0.15, 0.2) is 34.8 Å². The minimum atomic E-state index is -0.172. The lowest BCUT2D eigenvalue weighted by Crippen LogP contribution is -2.23. The molecule has 2 aromatic rings. The van der Waals surface area contributed by atoms with E-state index in [1.807, 2.05) is 6.07 Å². The van der Waals surface area contributed by atoms with Crippen LogP contribution in [-0.2, 0) is 0 Å². The van der Waals surface area contributed by atoms with Crippen molar-refractivity contribution >= 4 is 27.3 Å². The van der Waals surface area contributed by atoms with Crippen LogP contribution in [0.1, 0.15) is 34.7 Å². The number of benzene rings is 1. The molecule has 0 saturated heterocycles. The molecule has 1 nitrogen and oxygen atoms in total. The van der Waals surface area contributed by atoms with Crippen molar-refractivity contribution in [2.24, 2.45) is 0 Å². The van der Waals surface area contributed by atoms with E-state index in [1.54, 1.807) is 17.4 Å². The maximum Gasteiger partial charge on any atom is 0.129 e. The van der Waals surface area contributed by atoms with E-state index in [0.717, 1.165) is 22.3 Å². The van der Waals surface area contributed by atoms with Gasteiger partial charge in [0.25, 0.3) is 0 Å². The summed E-state index contributed by atoms with van der Waals surface area (Å²) in [5, 5.41) is 3.44. The van der Waals surface area contributed by atoms with Gasteiger partial charge >= 0.3 is 0 Å². The summed E-state index contributed by atoms with van der Waals surface area (Å²) in [7, 11) is 0. The monoisotopic (exact) mass is 341 g/mol. The number of hydrogen-bond donors (Lipinski definition) is 1. The van der Waals surface area contributed by atoms with Crippen LogP contribution < -0.4 is 5.32 Å². The number of hydrogen-bond acceptors (Lipinski definition) is 2. The van der Waals surface area contributed by atoms with E-state index < -0.39 is 0 Å². The van der Waals surface area contributed by atoms with Crippen LogP contribution >= 0.6 is 27.3 Å². The summed E-state index contributed by atoms with van der Waals surface area (Å²) in [4.78, 5) is 2.39. The second-order valence-electron chi connectivity index (χ2n) is 4.47. The fourth-order valence-electron chi connectivity index (χ4n) is 2.03. The molecular formula is C15H17BrFNS. The van der Waals surface area contributed by atoms with Crippen LogP contribution in [0, 0.1) is 12.7 Å². The molecule has 0 saturated carbocycles. The number of thiophene rings is 1. The highest BCUT2D eigenvalue weighted by Crippen LogP contribution is 2.34. The minimum absolute atomic E-state index is 0.0887. The molecule has 1 aromatic carbocycles. The van der Waals surface area contributed by atoms with Gasteiger partial charge in [0.15, 0.2) is 0 Å². The highest BCUT2D eigenvalue weighted by atomic mass is 79.9. The van der Waals surface area contributed by atoms with E-state index in [-0.39, 0.29) is 11.9 Å². The summed E-state index contributed by atoms with van der Waals surface area (Å²) >= 11 is 5.18. The second-order valence-corrected chi connectivity index (χ2v) is 6.64. The summed E-state index contributed by atoms with van der Waals surface area (Å²) in [5.74, 6) is -0.172. The first-order chi connectivity index (χ1) is 9.13. The van der Waals surface area contributed by atoms with Crippen LogP contribution in [0.5, 0.6) is 0 Å². The van der Waals surface area contributed by atoms with Gasteiger partial charge in [0.1, 0.15) is 5.82 Å². The number of halogens is 2. The molecule has 0 fully saturated rings. The molecular weight excluding hydrogens is 325 g/mol. The molecule has 1 N–H and O–H groups in total. The normalized spacial score (nSPS) is 12.6. The smallest absolute Gasteiger partial charge is 0.129 e. The molecule has 19 heavy (non-hydrogen) atoms. The average Bonchev–Trinajstić information content (AvgIpc) is 2.79. The van der Waals surface area contributed by atoms with Gasteiger partial charge in [-0.05, 0) is 44.2 Å². The Kier molecular flexibility index (Phi) is 5.13. The molecule has 1 aromatic heterocycles. The van der Waals surface area contributed by atoms with E-state index in [4.69, 9.17) is 0 Å². The number of aryl methyl sites for hydroxylation is 1. The van der Waals surface area contributed by atoms with E-state index in [9.17, 15) is 4.39 Å². The van der Waals surface area contributed by atoms with Crippen molar-refractivity contribution in [3.63, 3.8) is 0 Å². The molecule has 1 heterocycles. The SMILES string of the molecule is CCCNC(c1ccc(C)s1)c1c(F)cccc1Br. The van der Waals surface area contributed by atoms with Gasteiger partial charge in [0, 0.05) is 19.8 Å². The van der Waals surface area contributed by atoms with Gasteiger partial charge in [-0.3, -0.25) is 0 Å². The van der Waals surface area contributed by atoms with Gasteiger partial charge in [-0.2, -0.15) is 0 Å². The van der Waals surface area contributed by atoms with Crippen LogP contribution in [0.25, 0.3) is 0 Å². The van der Waals surface area contributed by atoms with Gasteiger partial charge in [-0.25, -0.2) is 4.39 Å². The predicted molar refractivity (Wildman–Crippen MR) is 83.3 cm³/mol. The van der Waals surface area contributed by atoms with E-state index in [1.165, 1.54) is 10.9 Å². The van der Waals surface area contributed by atoms with Gasteiger partial charge in [-0.15, -0.1) is 11.3 Å². The largest absolute Gasteiger partial charge is 0.305 e. The lowest BCUT2D eigenvalue weighted by molar-refractivity contribution is 0.549. The lowest BCUT2D eigenvalue weighted by Gasteiger charge is -2.19. The third-order valence-corrected chi connectivity index (χ3v) is 4.69. The van der Waals surface area contributed by atoms with E-state index in [0.29, 0.717) is 5.56 Å². The van der Waals surface area contributed by atoms with Crippen LogP contribution in [-0.4, -0.2) is 6.54 Å². The average molecular weight is 342 g/mol. The first-order valence-electron chi connectivity index (χ1n) is 6.37. The van der Waals surface area contributed by atoms with Crippen LogP contribution in [0.2, 0.25) is 0 Å². The van der Waals surface area contributed by atoms with Crippen LogP contribution in [0.4, 0.5) is 4.39 Å². The van der Waals surface area contributed by atoms with Gasteiger partial charge < -0.3 is 5.32 Å². The summed E-state index contributed by atoms with van der Waals surface area (Å²) in [5.41, 5.74) is 0.692. The summed E-state index contributed by atoms with van der Waals surface area (Å²) in [6, 6.07) is 9.19. The topological polar surface area (TPSA) is 12.0 Å². The lowest BCUT2D eigenvalue weighted by atomic mass is 10.0. The summed E-state index contributed by atoms with van der Waals surface area (Å²) in [6.07, 6.45) is 1.02. The quantitative estimate of drug-likeness (QED) is 0.802. The first kappa shape index (κ1) is 14.7. The molecule has 0 bridgehead atoms. The molecule has 0 amide bonds. The molecule has 102 valence electrons. The predicted octanol–water partition coefficient (Wildman–Crippen LogP) is 5.05. The highest BCUT2D eigenvalue weighted by Gasteiger charge is 2.21. The molecule has 0 spiro atoms. The molecule has 0 aliphatic heterocycles. The molecule has 0 aliphatic carbocycles. The molecule has 1 unspecified atom stereocenters. The molecule has 4 heteroatoms. The Morgan fingerprint density at radius 3 is 2.68 bits per heavy atom. The van der Waals surface area contributed by atoms with Crippen molar-refractivity contribution in [1.82, 2.24) is 5.32 Å². The van der Waals surface area contributed by atoms with Crippen molar-refractivity contribution in [3.05, 3.63) is 55.9 Å². The van der Waals surface area contributed by atoms with Gasteiger partial charge in [0.05, 0.1) is 6.04 Å². The Hall–Kier alpha value is -0.710. The molecule has 0 aliphatic rings. The van der Waals surface area contributed by atoms with Crippen molar-refractivity contribution in [2.45, 2.75) is 26.3 Å². The van der Waals surface area contributed by atoms with Gasteiger partial charge in [-0.1, -0.05) is 28.9 Å². The molecule has 0 radical (unpaired) electrons. The van der Waals surface area contributed by atoms with E-state index in [2.05, 4.69) is 47.2 Å². The summed E-state index contributed by atoms with van der Waals surface area (Å²) in [6.45, 7) is 5.05. The highest BCUT2D eigenvalue weighted by molar-refractivity contribution is 9.10. The second kappa shape index (κ2) is 6.64.